The maximum absolute atomic E-state index is 10.8. The minimum Gasteiger partial charge on any atom is -0.368 e. The van der Waals surface area contributed by atoms with Gasteiger partial charge in [-0.25, -0.2) is 4.57 Å². The van der Waals surface area contributed by atoms with Gasteiger partial charge in [0.1, 0.15) is 0 Å². The zero-order valence-corrected chi connectivity index (χ0v) is 22.3. The molecule has 0 rings (SSSR count). The summed E-state index contributed by atoms with van der Waals surface area (Å²) in [4.78, 5) is 47.3. The average Bonchev–Trinajstić information content (AvgIpc) is 1.98. The zero-order valence-electron chi connectivity index (χ0n) is 15.8. The van der Waals surface area contributed by atoms with E-state index in [1.165, 1.54) is 0 Å². The van der Waals surface area contributed by atoms with Gasteiger partial charge >= 0.3 is 91.3 Å². The normalized spacial score (nSPS) is 12.3. The van der Waals surface area contributed by atoms with E-state index in [1.54, 1.807) is 0 Å². The monoisotopic (exact) mass is 660 g/mol. The molecule has 0 aliphatic heterocycles. The van der Waals surface area contributed by atoms with E-state index in [1.807, 2.05) is 0 Å². The standard InChI is InChI=1S/C3H10O7P2.6CH3.4Cu.H3O4P/c1-3(4,11(5,6)7)12(8,9)10-2;;;;;;;;;;;1-5(2,3)4/h4H,1-2H3,(H,8,9)(H2,5,6,7);6*1H3;;;;;(H3,1,2,3,4)/q;6*-1;4*+2;. The van der Waals surface area contributed by atoms with Gasteiger partial charge in [-0.3, -0.25) is 9.13 Å². The summed E-state index contributed by atoms with van der Waals surface area (Å²) in [6, 6.07) is 0. The molecule has 0 aromatic rings. The number of hydrogen-bond acceptors (Lipinski definition) is 5. The Hall–Kier alpha value is 2.45. The summed E-state index contributed by atoms with van der Waals surface area (Å²) in [5.74, 6) is 0. The second-order valence-electron chi connectivity index (χ2n) is 2.73. The van der Waals surface area contributed by atoms with Gasteiger partial charge in [-0.1, -0.05) is 0 Å². The summed E-state index contributed by atoms with van der Waals surface area (Å²) < 4.78 is 34.1. The van der Waals surface area contributed by atoms with Crippen LogP contribution >= 0.6 is 23.0 Å². The Morgan fingerprint density at radius 2 is 0.815 bits per heavy atom. The number of aliphatic hydroxyl groups is 1. The third-order valence-electron chi connectivity index (χ3n) is 1.33. The first-order valence-corrected chi connectivity index (χ1v) is 8.26. The van der Waals surface area contributed by atoms with Gasteiger partial charge in [0, 0.05) is 7.11 Å². The summed E-state index contributed by atoms with van der Waals surface area (Å²) in [5, 5.41) is 5.92. The Labute approximate surface area is 206 Å². The van der Waals surface area contributed by atoms with Crippen molar-refractivity contribution in [2.45, 2.75) is 12.0 Å². The summed E-state index contributed by atoms with van der Waals surface area (Å²) in [7, 11) is -13.7. The molecule has 0 fully saturated rings. The molecule has 0 amide bonds. The van der Waals surface area contributed by atoms with E-state index in [0.29, 0.717) is 6.92 Å². The summed E-state index contributed by atoms with van der Waals surface area (Å²) in [6.07, 6.45) is 0. The van der Waals surface area contributed by atoms with Crippen molar-refractivity contribution in [3.63, 3.8) is 0 Å². The molecular weight excluding hydrogens is 631 g/mol. The molecule has 0 saturated heterocycles. The average molecular weight is 662 g/mol. The van der Waals surface area contributed by atoms with Crippen LogP contribution in [-0.2, 0) is 86.5 Å². The molecule has 27 heavy (non-hydrogen) atoms. The van der Waals surface area contributed by atoms with Crippen molar-refractivity contribution in [2.75, 3.05) is 7.11 Å². The van der Waals surface area contributed by atoms with Crippen LogP contribution in [0.15, 0.2) is 0 Å². The van der Waals surface area contributed by atoms with Crippen LogP contribution in [-0.4, -0.2) is 46.7 Å². The van der Waals surface area contributed by atoms with Crippen molar-refractivity contribution in [1.82, 2.24) is 0 Å². The van der Waals surface area contributed by atoms with Crippen molar-refractivity contribution in [3.05, 3.63) is 44.6 Å². The zero-order chi connectivity index (χ0) is 14.7. The van der Waals surface area contributed by atoms with Crippen molar-refractivity contribution in [3.8, 4) is 0 Å². The van der Waals surface area contributed by atoms with Crippen molar-refractivity contribution >= 4 is 23.0 Å². The largest absolute Gasteiger partial charge is 2.00 e. The molecule has 0 aromatic carbocycles. The van der Waals surface area contributed by atoms with Gasteiger partial charge in [0.15, 0.2) is 0 Å². The van der Waals surface area contributed by atoms with Gasteiger partial charge in [0.05, 0.1) is 0 Å². The fourth-order valence-corrected chi connectivity index (χ4v) is 2.25. The second kappa shape index (κ2) is 28.4. The molecular formula is C9H31Cu4O11P3+2. The Balaban J connectivity index is -0.0000000137. The first-order valence-electron chi connectivity index (χ1n) is 3.51. The molecule has 4 radical (unpaired) electrons. The van der Waals surface area contributed by atoms with E-state index in [9.17, 15) is 9.13 Å². The summed E-state index contributed by atoms with van der Waals surface area (Å²) in [5.41, 5.74) is 0. The molecule has 2 atom stereocenters. The molecule has 7 N–H and O–H groups in total. The first kappa shape index (κ1) is 78.3. The molecule has 0 aromatic heterocycles. The van der Waals surface area contributed by atoms with Gasteiger partial charge in [0.25, 0.3) is 5.08 Å². The fourth-order valence-electron chi connectivity index (χ4n) is 0.338. The van der Waals surface area contributed by atoms with E-state index in [0.717, 1.165) is 7.11 Å². The molecule has 0 bridgehead atoms. The summed E-state index contributed by atoms with van der Waals surface area (Å²) in [6.45, 7) is 0.540. The van der Waals surface area contributed by atoms with E-state index in [-0.39, 0.29) is 113 Å². The molecule has 0 aliphatic carbocycles. The van der Waals surface area contributed by atoms with Crippen LogP contribution in [0.2, 0.25) is 0 Å². The van der Waals surface area contributed by atoms with Gasteiger partial charge in [0.2, 0.25) is 0 Å². The van der Waals surface area contributed by atoms with Gasteiger partial charge < -0.3 is 83.6 Å². The Bertz CT molecular complexity index is 392. The van der Waals surface area contributed by atoms with Crippen molar-refractivity contribution < 1.29 is 121 Å². The maximum Gasteiger partial charge on any atom is 2.00 e. The smallest absolute Gasteiger partial charge is 0.368 e. The number of rotatable bonds is 3. The van der Waals surface area contributed by atoms with E-state index in [4.69, 9.17) is 39.0 Å². The number of phosphoric acid groups is 1. The molecule has 11 nitrogen and oxygen atoms in total. The predicted molar refractivity (Wildman–Crippen MR) is 92.2 cm³/mol. The van der Waals surface area contributed by atoms with Gasteiger partial charge in [-0.15, -0.1) is 0 Å². The third kappa shape index (κ3) is 36.2. The topological polar surface area (TPSA) is 202 Å². The van der Waals surface area contributed by atoms with Crippen LogP contribution < -0.4 is 0 Å². The number of hydrogen-bond donors (Lipinski definition) is 7. The molecule has 0 heterocycles. The van der Waals surface area contributed by atoms with E-state index in [2.05, 4.69) is 4.52 Å². The molecule has 0 spiro atoms. The van der Waals surface area contributed by atoms with Crippen LogP contribution in [0.5, 0.6) is 0 Å². The first-order chi connectivity index (χ1) is 7.06. The minimum atomic E-state index is -5.09. The predicted octanol–water partition coefficient (Wildman–Crippen LogP) is 1.43. The van der Waals surface area contributed by atoms with Crippen LogP contribution in [0.4, 0.5) is 0 Å². The molecule has 190 valence electrons. The van der Waals surface area contributed by atoms with Gasteiger partial charge in [-0.2, -0.15) is 0 Å². The maximum atomic E-state index is 10.8. The van der Waals surface area contributed by atoms with Crippen molar-refractivity contribution in [2.24, 2.45) is 0 Å². The summed E-state index contributed by atoms with van der Waals surface area (Å²) >= 11 is 0. The van der Waals surface area contributed by atoms with E-state index >= 15 is 0 Å². The second-order valence-corrected chi connectivity index (χ2v) is 8.35. The van der Waals surface area contributed by atoms with Crippen LogP contribution in [0.25, 0.3) is 0 Å². The fraction of sp³-hybridized carbons (Fsp3) is 0.333. The third-order valence-corrected chi connectivity index (χ3v) is 5.54. The van der Waals surface area contributed by atoms with E-state index < -0.39 is 28.1 Å². The Morgan fingerprint density at radius 3 is 0.852 bits per heavy atom. The van der Waals surface area contributed by atoms with Crippen LogP contribution in [0, 0.1) is 44.6 Å². The van der Waals surface area contributed by atoms with Crippen LogP contribution in [0.3, 0.4) is 0 Å². The molecule has 18 heteroatoms. The molecule has 0 aliphatic rings. The Morgan fingerprint density at radius 1 is 0.667 bits per heavy atom. The Kier molecular flexibility index (Phi) is 82.5. The molecule has 2 unspecified atom stereocenters. The quantitative estimate of drug-likeness (QED) is 0.131. The minimum absolute atomic E-state index is 0. The SMILES string of the molecule is COP(=O)(O)C(C)(O)P(=O)(O)O.O=P(O)(O)O.[CH3-].[CH3-].[CH3-].[CH3-].[CH3-].[CH3-].[Cu+2].[Cu+2].[Cu+2].[Cu+2]. The van der Waals surface area contributed by atoms with Gasteiger partial charge in [-0.05, 0) is 6.92 Å². The van der Waals surface area contributed by atoms with Crippen LogP contribution in [0.1, 0.15) is 6.92 Å². The van der Waals surface area contributed by atoms with Crippen molar-refractivity contribution in [1.29, 1.82) is 0 Å². The molecule has 0 saturated carbocycles.